The van der Waals surface area contributed by atoms with Crippen LogP contribution in [0.4, 0.5) is 0 Å². The van der Waals surface area contributed by atoms with E-state index in [-0.39, 0.29) is 10.6 Å². The normalized spacial score (nSPS) is 11.4. The molecule has 0 amide bonds. The van der Waals surface area contributed by atoms with E-state index in [1.807, 2.05) is 32.4 Å². The fourth-order valence-corrected chi connectivity index (χ4v) is 3.62. The number of carbonyl (C=O) groups is 1. The highest BCUT2D eigenvalue weighted by Gasteiger charge is 2.21. The van der Waals surface area contributed by atoms with Crippen molar-refractivity contribution < 1.29 is 9.90 Å². The lowest BCUT2D eigenvalue weighted by atomic mass is 10.0. The summed E-state index contributed by atoms with van der Waals surface area (Å²) >= 11 is 6.47. The van der Waals surface area contributed by atoms with Crippen molar-refractivity contribution in [3.05, 3.63) is 59.1 Å². The van der Waals surface area contributed by atoms with Crippen molar-refractivity contribution in [2.24, 2.45) is 0 Å². The van der Waals surface area contributed by atoms with E-state index in [1.54, 1.807) is 18.3 Å². The molecule has 0 saturated heterocycles. The van der Waals surface area contributed by atoms with Crippen LogP contribution >= 0.6 is 11.6 Å². The Kier molecular flexibility index (Phi) is 5.08. The maximum absolute atomic E-state index is 11.6. The van der Waals surface area contributed by atoms with E-state index in [9.17, 15) is 9.90 Å². The maximum Gasteiger partial charge on any atom is 0.337 e. The molecule has 148 valence electrons. The molecule has 0 aliphatic rings. The van der Waals surface area contributed by atoms with Gasteiger partial charge in [0, 0.05) is 41.9 Å². The average Bonchev–Trinajstić information content (AvgIpc) is 3.33. The molecule has 3 aromatic heterocycles. The number of nitrogens with zero attached hydrogens (tertiary/aromatic N) is 3. The molecule has 7 nitrogen and oxygen atoms in total. The predicted molar refractivity (Wildman–Crippen MR) is 113 cm³/mol. The van der Waals surface area contributed by atoms with Crippen molar-refractivity contribution in [3.63, 3.8) is 0 Å². The third kappa shape index (κ3) is 3.62. The summed E-state index contributed by atoms with van der Waals surface area (Å²) in [7, 11) is 4.01. The topological polar surface area (TPSA) is 97.9 Å². The van der Waals surface area contributed by atoms with Crippen LogP contribution < -0.4 is 0 Å². The molecule has 4 rings (SSSR count). The molecule has 0 bridgehead atoms. The maximum atomic E-state index is 11.6. The molecule has 0 fully saturated rings. The van der Waals surface area contributed by atoms with Crippen molar-refractivity contribution >= 4 is 28.6 Å². The Bertz CT molecular complexity index is 1190. The van der Waals surface area contributed by atoms with Crippen LogP contribution in [0.1, 0.15) is 16.2 Å². The highest BCUT2D eigenvalue weighted by Crippen LogP contribution is 2.38. The predicted octanol–water partition coefficient (Wildman–Crippen LogP) is 4.08. The second-order valence-corrected chi connectivity index (χ2v) is 7.41. The fourth-order valence-electron chi connectivity index (χ4n) is 3.32. The molecule has 8 heteroatoms. The largest absolute Gasteiger partial charge is 0.478 e. The molecular formula is C21H20ClN5O2. The Labute approximate surface area is 172 Å². The summed E-state index contributed by atoms with van der Waals surface area (Å²) in [6.07, 6.45) is 4.29. The Morgan fingerprint density at radius 2 is 2.03 bits per heavy atom. The molecule has 29 heavy (non-hydrogen) atoms. The Balaban J connectivity index is 1.93. The molecule has 4 aromatic rings. The van der Waals surface area contributed by atoms with Gasteiger partial charge in [-0.05, 0) is 32.3 Å². The van der Waals surface area contributed by atoms with Gasteiger partial charge in [0.2, 0.25) is 0 Å². The zero-order valence-electron chi connectivity index (χ0n) is 16.0. The van der Waals surface area contributed by atoms with E-state index in [4.69, 9.17) is 16.6 Å². The average molecular weight is 410 g/mol. The van der Waals surface area contributed by atoms with Crippen LogP contribution in [0.3, 0.4) is 0 Å². The number of likely N-dealkylation sites (N-methyl/N-ethyl adjacent to an activating group) is 1. The summed E-state index contributed by atoms with van der Waals surface area (Å²) < 4.78 is 0. The molecule has 0 atom stereocenters. The van der Waals surface area contributed by atoms with Gasteiger partial charge in [-0.15, -0.1) is 0 Å². The standard InChI is InChI=1S/C21H20ClN5O2/c1-27(2)11-8-16-25-18(12-6-9-23-20-13(12)7-10-24-20)19(26-16)14-4-3-5-15(17(14)22)21(28)29/h3-7,9-10H,8,11H2,1-2H3,(H,23,24)(H,25,26)(H,28,29). The minimum Gasteiger partial charge on any atom is -0.478 e. The van der Waals surface area contributed by atoms with Crippen LogP contribution in [0.2, 0.25) is 5.02 Å². The van der Waals surface area contributed by atoms with Crippen molar-refractivity contribution in [2.45, 2.75) is 6.42 Å². The number of nitrogens with one attached hydrogen (secondary N) is 2. The van der Waals surface area contributed by atoms with E-state index in [0.717, 1.165) is 41.1 Å². The van der Waals surface area contributed by atoms with Crippen LogP contribution in [0.25, 0.3) is 33.5 Å². The van der Waals surface area contributed by atoms with Crippen LogP contribution in [-0.4, -0.2) is 56.6 Å². The van der Waals surface area contributed by atoms with Gasteiger partial charge >= 0.3 is 5.97 Å². The number of carboxylic acid groups (broad SMARTS) is 1. The molecular weight excluding hydrogens is 390 g/mol. The number of aromatic carboxylic acids is 1. The highest BCUT2D eigenvalue weighted by atomic mass is 35.5. The molecule has 0 radical (unpaired) electrons. The van der Waals surface area contributed by atoms with Crippen molar-refractivity contribution in [1.29, 1.82) is 0 Å². The Hall–Kier alpha value is -3.16. The van der Waals surface area contributed by atoms with Gasteiger partial charge in [-0.1, -0.05) is 23.7 Å². The second kappa shape index (κ2) is 7.69. The second-order valence-electron chi connectivity index (χ2n) is 7.03. The van der Waals surface area contributed by atoms with Crippen molar-refractivity contribution in [2.75, 3.05) is 20.6 Å². The number of fused-ring (bicyclic) bond motifs is 1. The molecule has 0 unspecified atom stereocenters. The first-order chi connectivity index (χ1) is 14.0. The van der Waals surface area contributed by atoms with E-state index in [2.05, 4.69) is 19.9 Å². The number of rotatable bonds is 6. The molecule has 1 aromatic carbocycles. The van der Waals surface area contributed by atoms with Crippen molar-refractivity contribution in [1.82, 2.24) is 24.8 Å². The quantitative estimate of drug-likeness (QED) is 0.446. The lowest BCUT2D eigenvalue weighted by Crippen LogP contribution is -2.15. The van der Waals surface area contributed by atoms with Gasteiger partial charge in [-0.3, -0.25) is 0 Å². The zero-order chi connectivity index (χ0) is 20.5. The highest BCUT2D eigenvalue weighted by molar-refractivity contribution is 6.36. The molecule has 0 aliphatic heterocycles. The van der Waals surface area contributed by atoms with E-state index in [0.29, 0.717) is 11.3 Å². The van der Waals surface area contributed by atoms with Crippen LogP contribution in [-0.2, 0) is 6.42 Å². The molecule has 3 heterocycles. The number of H-pyrrole nitrogens is 2. The van der Waals surface area contributed by atoms with Gasteiger partial charge in [0.05, 0.1) is 22.0 Å². The van der Waals surface area contributed by atoms with Crippen molar-refractivity contribution in [3.8, 4) is 22.5 Å². The number of halogens is 1. The third-order valence-electron chi connectivity index (χ3n) is 4.76. The Morgan fingerprint density at radius 1 is 1.21 bits per heavy atom. The smallest absolute Gasteiger partial charge is 0.337 e. The number of imidazole rings is 1. The SMILES string of the molecule is CN(C)CCc1nc(-c2cccc(C(=O)O)c2Cl)c(-c2ccnc3[nH]ccc23)[nH]1. The Morgan fingerprint density at radius 3 is 2.79 bits per heavy atom. The summed E-state index contributed by atoms with van der Waals surface area (Å²) in [4.78, 5) is 29.3. The van der Waals surface area contributed by atoms with E-state index < -0.39 is 5.97 Å². The van der Waals surface area contributed by atoms with Crippen LogP contribution in [0, 0.1) is 0 Å². The van der Waals surface area contributed by atoms with Gasteiger partial charge < -0.3 is 20.0 Å². The molecule has 3 N–H and O–H groups in total. The van der Waals surface area contributed by atoms with Crippen LogP contribution in [0.15, 0.2) is 42.7 Å². The van der Waals surface area contributed by atoms with Gasteiger partial charge in [0.15, 0.2) is 0 Å². The van der Waals surface area contributed by atoms with Crippen LogP contribution in [0.5, 0.6) is 0 Å². The number of aromatic amines is 2. The fraction of sp³-hybridized carbons (Fsp3) is 0.190. The first-order valence-electron chi connectivity index (χ1n) is 9.14. The lowest BCUT2D eigenvalue weighted by Gasteiger charge is -2.08. The summed E-state index contributed by atoms with van der Waals surface area (Å²) in [6.45, 7) is 0.825. The number of carboxylic acids is 1. The van der Waals surface area contributed by atoms with Gasteiger partial charge in [-0.25, -0.2) is 14.8 Å². The van der Waals surface area contributed by atoms with Gasteiger partial charge in [0.25, 0.3) is 0 Å². The summed E-state index contributed by atoms with van der Waals surface area (Å²) in [5, 5.41) is 10.6. The summed E-state index contributed by atoms with van der Waals surface area (Å²) in [5.74, 6) is -0.264. The first-order valence-corrected chi connectivity index (χ1v) is 9.51. The van der Waals surface area contributed by atoms with Gasteiger partial charge in [0.1, 0.15) is 11.5 Å². The number of hydrogen-bond donors (Lipinski definition) is 3. The zero-order valence-corrected chi connectivity index (χ0v) is 16.8. The third-order valence-corrected chi connectivity index (χ3v) is 5.17. The van der Waals surface area contributed by atoms with E-state index in [1.165, 1.54) is 6.07 Å². The summed E-state index contributed by atoms with van der Waals surface area (Å²) in [6, 6.07) is 8.83. The number of aromatic nitrogens is 4. The van der Waals surface area contributed by atoms with Gasteiger partial charge in [-0.2, -0.15) is 0 Å². The first kappa shape index (κ1) is 19.2. The van der Waals surface area contributed by atoms with E-state index >= 15 is 0 Å². The summed E-state index contributed by atoms with van der Waals surface area (Å²) in [5.41, 5.74) is 3.73. The monoisotopic (exact) mass is 409 g/mol. The molecule has 0 aliphatic carbocycles. The minimum absolute atomic E-state index is 0.0504. The molecule has 0 saturated carbocycles. The number of hydrogen-bond acceptors (Lipinski definition) is 4. The number of benzene rings is 1. The lowest BCUT2D eigenvalue weighted by molar-refractivity contribution is 0.0697. The molecule has 0 spiro atoms. The minimum atomic E-state index is -1.07. The number of pyridine rings is 1.